The van der Waals surface area contributed by atoms with Crippen LogP contribution >= 0.6 is 0 Å². The zero-order valence-electron chi connectivity index (χ0n) is 13.6. The fourth-order valence-electron chi connectivity index (χ4n) is 3.24. The average Bonchev–Trinajstić information content (AvgIpc) is 3.25. The standard InChI is InChI=1S/C17H28N2OSi/c1-21(2,3)20-16-8-6-15(7-9-16)17(14-4-5-14)19-12-10-18-11-13-19/h6-9,14,17-18H,4-5,10-13H2,1-3H3/t17-/m0/s1. The minimum Gasteiger partial charge on any atom is -0.544 e. The molecule has 4 heteroatoms. The zero-order valence-corrected chi connectivity index (χ0v) is 14.6. The maximum absolute atomic E-state index is 6.07. The Hall–Kier alpha value is -0.843. The van der Waals surface area contributed by atoms with E-state index in [0.717, 1.165) is 24.8 Å². The molecule has 1 aromatic rings. The Morgan fingerprint density at radius 1 is 1.10 bits per heavy atom. The predicted octanol–water partition coefficient (Wildman–Crippen LogP) is 3.26. The van der Waals surface area contributed by atoms with Crippen molar-refractivity contribution in [1.29, 1.82) is 0 Å². The van der Waals surface area contributed by atoms with Crippen LogP contribution < -0.4 is 9.74 Å². The van der Waals surface area contributed by atoms with Crippen molar-refractivity contribution >= 4 is 8.32 Å². The van der Waals surface area contributed by atoms with E-state index in [1.54, 1.807) is 0 Å². The highest BCUT2D eigenvalue weighted by Gasteiger charge is 2.36. The summed E-state index contributed by atoms with van der Waals surface area (Å²) in [5, 5.41) is 3.46. The first kappa shape index (κ1) is 15.1. The topological polar surface area (TPSA) is 24.5 Å². The third kappa shape index (κ3) is 4.08. The lowest BCUT2D eigenvalue weighted by Gasteiger charge is -2.35. The molecule has 0 unspecified atom stereocenters. The normalized spacial score (nSPS) is 22.0. The van der Waals surface area contributed by atoms with E-state index in [2.05, 4.69) is 54.1 Å². The Kier molecular flexibility index (Phi) is 4.38. The molecule has 0 spiro atoms. The van der Waals surface area contributed by atoms with Crippen LogP contribution in [0.5, 0.6) is 5.75 Å². The smallest absolute Gasteiger partial charge is 0.242 e. The Morgan fingerprint density at radius 2 is 1.71 bits per heavy atom. The molecule has 0 amide bonds. The number of nitrogens with zero attached hydrogens (tertiary/aromatic N) is 1. The molecule has 0 bridgehead atoms. The van der Waals surface area contributed by atoms with Crippen LogP contribution in [-0.4, -0.2) is 39.4 Å². The summed E-state index contributed by atoms with van der Waals surface area (Å²) in [6, 6.07) is 9.55. The van der Waals surface area contributed by atoms with Gasteiger partial charge in [0, 0.05) is 32.2 Å². The van der Waals surface area contributed by atoms with Crippen molar-refractivity contribution in [3.8, 4) is 5.75 Å². The van der Waals surface area contributed by atoms with Crippen LogP contribution in [-0.2, 0) is 0 Å². The van der Waals surface area contributed by atoms with Crippen molar-refractivity contribution in [2.45, 2.75) is 38.5 Å². The molecule has 116 valence electrons. The highest BCUT2D eigenvalue weighted by Crippen LogP contribution is 2.44. The van der Waals surface area contributed by atoms with E-state index in [4.69, 9.17) is 4.43 Å². The van der Waals surface area contributed by atoms with Gasteiger partial charge < -0.3 is 9.74 Å². The molecule has 1 saturated heterocycles. The summed E-state index contributed by atoms with van der Waals surface area (Å²) in [4.78, 5) is 2.67. The molecule has 2 fully saturated rings. The van der Waals surface area contributed by atoms with Crippen molar-refractivity contribution in [2.24, 2.45) is 5.92 Å². The number of rotatable bonds is 5. The van der Waals surface area contributed by atoms with Crippen LogP contribution in [0.2, 0.25) is 19.6 Å². The first-order valence-electron chi connectivity index (χ1n) is 8.27. The highest BCUT2D eigenvalue weighted by molar-refractivity contribution is 6.70. The van der Waals surface area contributed by atoms with Gasteiger partial charge in [-0.2, -0.15) is 0 Å². The van der Waals surface area contributed by atoms with Crippen LogP contribution in [0, 0.1) is 5.92 Å². The van der Waals surface area contributed by atoms with E-state index in [1.165, 1.54) is 31.5 Å². The fourth-order valence-corrected chi connectivity index (χ4v) is 4.08. The fraction of sp³-hybridized carbons (Fsp3) is 0.647. The van der Waals surface area contributed by atoms with Gasteiger partial charge in [0.05, 0.1) is 0 Å². The molecular weight excluding hydrogens is 276 g/mol. The Bertz CT molecular complexity index is 459. The summed E-state index contributed by atoms with van der Waals surface area (Å²) in [6.45, 7) is 11.3. The number of hydrogen-bond donors (Lipinski definition) is 1. The maximum Gasteiger partial charge on any atom is 0.242 e. The summed E-state index contributed by atoms with van der Waals surface area (Å²) in [5.41, 5.74) is 1.47. The van der Waals surface area contributed by atoms with Gasteiger partial charge in [0.25, 0.3) is 0 Å². The van der Waals surface area contributed by atoms with Crippen LogP contribution in [0.4, 0.5) is 0 Å². The van der Waals surface area contributed by atoms with Crippen LogP contribution in [0.1, 0.15) is 24.4 Å². The molecule has 1 N–H and O–H groups in total. The molecular formula is C17H28N2OSi. The van der Waals surface area contributed by atoms with Gasteiger partial charge >= 0.3 is 0 Å². The van der Waals surface area contributed by atoms with Gasteiger partial charge in [-0.3, -0.25) is 4.90 Å². The monoisotopic (exact) mass is 304 g/mol. The molecule has 0 radical (unpaired) electrons. The zero-order chi connectivity index (χ0) is 14.9. The Balaban J connectivity index is 1.73. The highest BCUT2D eigenvalue weighted by atomic mass is 28.4. The van der Waals surface area contributed by atoms with Gasteiger partial charge in [0.2, 0.25) is 8.32 Å². The summed E-state index contributed by atoms with van der Waals surface area (Å²) in [6.07, 6.45) is 2.78. The maximum atomic E-state index is 6.07. The second kappa shape index (κ2) is 6.11. The molecule has 3 rings (SSSR count). The minimum atomic E-state index is -1.50. The van der Waals surface area contributed by atoms with Crippen molar-refractivity contribution < 1.29 is 4.43 Å². The summed E-state index contributed by atoms with van der Waals surface area (Å²) in [7, 11) is -1.50. The Morgan fingerprint density at radius 3 is 2.24 bits per heavy atom. The van der Waals surface area contributed by atoms with E-state index in [-0.39, 0.29) is 0 Å². The van der Waals surface area contributed by atoms with Gasteiger partial charge in [0.15, 0.2) is 0 Å². The van der Waals surface area contributed by atoms with Crippen molar-refractivity contribution in [3.05, 3.63) is 29.8 Å². The van der Waals surface area contributed by atoms with E-state index >= 15 is 0 Å². The Labute approximate surface area is 129 Å². The van der Waals surface area contributed by atoms with Crippen LogP contribution in [0.15, 0.2) is 24.3 Å². The number of piperazine rings is 1. The third-order valence-electron chi connectivity index (χ3n) is 4.26. The van der Waals surface area contributed by atoms with Gasteiger partial charge in [0.1, 0.15) is 5.75 Å². The molecule has 1 aliphatic carbocycles. The molecule has 1 saturated carbocycles. The predicted molar refractivity (Wildman–Crippen MR) is 90.3 cm³/mol. The molecule has 1 heterocycles. The van der Waals surface area contributed by atoms with E-state index < -0.39 is 8.32 Å². The molecule has 1 atom stereocenters. The number of hydrogen-bond acceptors (Lipinski definition) is 3. The summed E-state index contributed by atoms with van der Waals surface area (Å²) in [5.74, 6) is 1.90. The molecule has 1 aliphatic heterocycles. The van der Waals surface area contributed by atoms with Gasteiger partial charge in [-0.25, -0.2) is 0 Å². The molecule has 21 heavy (non-hydrogen) atoms. The first-order valence-corrected chi connectivity index (χ1v) is 11.7. The molecule has 3 nitrogen and oxygen atoms in total. The van der Waals surface area contributed by atoms with E-state index in [1.807, 2.05) is 0 Å². The van der Waals surface area contributed by atoms with Crippen molar-refractivity contribution in [3.63, 3.8) is 0 Å². The SMILES string of the molecule is C[Si](C)(C)Oc1ccc([C@H](C2CC2)N2CCNCC2)cc1. The van der Waals surface area contributed by atoms with Gasteiger partial charge in [-0.15, -0.1) is 0 Å². The lowest BCUT2D eigenvalue weighted by molar-refractivity contribution is 0.156. The molecule has 0 aromatic heterocycles. The first-order chi connectivity index (χ1) is 10.0. The average molecular weight is 305 g/mol. The van der Waals surface area contributed by atoms with E-state index in [9.17, 15) is 0 Å². The summed E-state index contributed by atoms with van der Waals surface area (Å²) < 4.78 is 6.07. The lowest BCUT2D eigenvalue weighted by Crippen LogP contribution is -2.45. The lowest BCUT2D eigenvalue weighted by atomic mass is 10.00. The van der Waals surface area contributed by atoms with Crippen LogP contribution in [0.25, 0.3) is 0 Å². The van der Waals surface area contributed by atoms with Gasteiger partial charge in [-0.05, 0) is 56.1 Å². The van der Waals surface area contributed by atoms with Gasteiger partial charge in [-0.1, -0.05) is 12.1 Å². The van der Waals surface area contributed by atoms with Crippen molar-refractivity contribution in [1.82, 2.24) is 10.2 Å². The molecule has 2 aliphatic rings. The van der Waals surface area contributed by atoms with Crippen LogP contribution in [0.3, 0.4) is 0 Å². The second-order valence-electron chi connectivity index (χ2n) is 7.35. The quantitative estimate of drug-likeness (QED) is 0.845. The summed E-state index contributed by atoms with van der Waals surface area (Å²) >= 11 is 0. The molecule has 1 aromatic carbocycles. The number of nitrogens with one attached hydrogen (secondary N) is 1. The minimum absolute atomic E-state index is 0.619. The second-order valence-corrected chi connectivity index (χ2v) is 11.8. The largest absolute Gasteiger partial charge is 0.544 e. The van der Waals surface area contributed by atoms with Crippen molar-refractivity contribution in [2.75, 3.05) is 26.2 Å². The number of benzene rings is 1. The van der Waals surface area contributed by atoms with E-state index in [0.29, 0.717) is 6.04 Å². The third-order valence-corrected chi connectivity index (χ3v) is 5.11.